The third-order valence-electron chi connectivity index (χ3n) is 2.33. The molecule has 3 N–H and O–H groups in total. The summed E-state index contributed by atoms with van der Waals surface area (Å²) in [5.41, 5.74) is 5.45. The number of rotatable bonds is 2. The standard InChI is InChI=1S/C8H16N2S2/c1-12-7-5-3-2-4-6(7)10-8(9)11/h6-7H,2-5H2,1H3,(H3,9,10,11). The van der Waals surface area contributed by atoms with Crippen molar-refractivity contribution >= 4 is 29.1 Å². The molecule has 0 aliphatic heterocycles. The molecule has 0 aromatic rings. The number of thiocarbonyl (C=S) groups is 1. The molecule has 1 aliphatic carbocycles. The molecule has 1 rings (SSSR count). The van der Waals surface area contributed by atoms with Crippen LogP contribution in [0.4, 0.5) is 0 Å². The average Bonchev–Trinajstić information content (AvgIpc) is 2.04. The first kappa shape index (κ1) is 10.1. The molecule has 2 nitrogen and oxygen atoms in total. The minimum Gasteiger partial charge on any atom is -0.376 e. The smallest absolute Gasteiger partial charge is 0.163 e. The Bertz CT molecular complexity index is 161. The van der Waals surface area contributed by atoms with Crippen LogP contribution in [-0.2, 0) is 0 Å². The van der Waals surface area contributed by atoms with E-state index in [2.05, 4.69) is 11.6 Å². The first-order valence-corrected chi connectivity index (χ1v) is 6.02. The molecule has 0 heterocycles. The van der Waals surface area contributed by atoms with Gasteiger partial charge in [0.15, 0.2) is 5.11 Å². The van der Waals surface area contributed by atoms with Gasteiger partial charge in [-0.3, -0.25) is 0 Å². The molecule has 2 atom stereocenters. The van der Waals surface area contributed by atoms with Gasteiger partial charge in [-0.25, -0.2) is 0 Å². The highest BCUT2D eigenvalue weighted by Crippen LogP contribution is 2.26. The number of nitrogens with one attached hydrogen (secondary N) is 1. The number of thioether (sulfide) groups is 1. The molecule has 1 saturated carbocycles. The molecular weight excluding hydrogens is 188 g/mol. The Labute approximate surface area is 83.7 Å². The molecule has 2 unspecified atom stereocenters. The van der Waals surface area contributed by atoms with Gasteiger partial charge in [0.05, 0.1) is 0 Å². The van der Waals surface area contributed by atoms with Gasteiger partial charge in [0.25, 0.3) is 0 Å². The van der Waals surface area contributed by atoms with Crippen LogP contribution in [0.1, 0.15) is 25.7 Å². The van der Waals surface area contributed by atoms with Gasteiger partial charge in [0.2, 0.25) is 0 Å². The van der Waals surface area contributed by atoms with E-state index in [0.717, 1.165) is 0 Å². The second kappa shape index (κ2) is 4.92. The molecule has 0 aromatic carbocycles. The Morgan fingerprint density at radius 1 is 1.50 bits per heavy atom. The molecular formula is C8H16N2S2. The van der Waals surface area contributed by atoms with Gasteiger partial charge in [-0.2, -0.15) is 11.8 Å². The molecule has 0 saturated heterocycles. The third kappa shape index (κ3) is 2.83. The summed E-state index contributed by atoms with van der Waals surface area (Å²) in [4.78, 5) is 0. The zero-order valence-corrected chi connectivity index (χ0v) is 9.01. The van der Waals surface area contributed by atoms with Gasteiger partial charge in [-0.05, 0) is 31.3 Å². The summed E-state index contributed by atoms with van der Waals surface area (Å²) >= 11 is 6.75. The minimum absolute atomic E-state index is 0.445. The second-order valence-electron chi connectivity index (χ2n) is 3.17. The Morgan fingerprint density at radius 3 is 2.75 bits per heavy atom. The maximum absolute atomic E-state index is 5.45. The summed E-state index contributed by atoms with van der Waals surface area (Å²) in [6.45, 7) is 0. The molecule has 0 radical (unpaired) electrons. The monoisotopic (exact) mass is 204 g/mol. The van der Waals surface area contributed by atoms with Crippen LogP contribution in [0.15, 0.2) is 0 Å². The van der Waals surface area contributed by atoms with Crippen molar-refractivity contribution in [2.45, 2.75) is 37.0 Å². The van der Waals surface area contributed by atoms with E-state index in [9.17, 15) is 0 Å². The van der Waals surface area contributed by atoms with Crippen molar-refractivity contribution < 1.29 is 0 Å². The van der Waals surface area contributed by atoms with Crippen molar-refractivity contribution in [3.8, 4) is 0 Å². The molecule has 1 aliphatic rings. The van der Waals surface area contributed by atoms with Crippen molar-refractivity contribution in [2.24, 2.45) is 5.73 Å². The van der Waals surface area contributed by atoms with Crippen LogP contribution in [0.3, 0.4) is 0 Å². The molecule has 0 amide bonds. The van der Waals surface area contributed by atoms with E-state index >= 15 is 0 Å². The highest BCUT2D eigenvalue weighted by Gasteiger charge is 2.23. The van der Waals surface area contributed by atoms with Crippen LogP contribution in [0.5, 0.6) is 0 Å². The topological polar surface area (TPSA) is 38.0 Å². The van der Waals surface area contributed by atoms with Gasteiger partial charge < -0.3 is 11.1 Å². The summed E-state index contributed by atoms with van der Waals surface area (Å²) in [5.74, 6) is 0. The number of hydrogen-bond donors (Lipinski definition) is 2. The average molecular weight is 204 g/mol. The fraction of sp³-hybridized carbons (Fsp3) is 0.875. The SMILES string of the molecule is CSC1CCCCC1NC(N)=S. The molecule has 0 bridgehead atoms. The van der Waals surface area contributed by atoms with Gasteiger partial charge in [-0.1, -0.05) is 12.8 Å². The van der Waals surface area contributed by atoms with Crippen molar-refractivity contribution in [3.05, 3.63) is 0 Å². The first-order valence-electron chi connectivity index (χ1n) is 4.33. The lowest BCUT2D eigenvalue weighted by Gasteiger charge is -2.30. The number of nitrogens with two attached hydrogens (primary N) is 1. The Hall–Kier alpha value is 0.0400. The van der Waals surface area contributed by atoms with Gasteiger partial charge in [0, 0.05) is 11.3 Å². The van der Waals surface area contributed by atoms with Crippen LogP contribution in [-0.4, -0.2) is 22.7 Å². The van der Waals surface area contributed by atoms with E-state index in [1.807, 2.05) is 11.8 Å². The largest absolute Gasteiger partial charge is 0.376 e. The Balaban J connectivity index is 2.41. The van der Waals surface area contributed by atoms with E-state index in [-0.39, 0.29) is 0 Å². The van der Waals surface area contributed by atoms with E-state index in [0.29, 0.717) is 16.4 Å². The van der Waals surface area contributed by atoms with Crippen molar-refractivity contribution in [2.75, 3.05) is 6.26 Å². The van der Waals surface area contributed by atoms with Gasteiger partial charge >= 0.3 is 0 Å². The maximum Gasteiger partial charge on any atom is 0.163 e. The predicted octanol–water partition coefficient (Wildman–Crippen LogP) is 1.49. The highest BCUT2D eigenvalue weighted by atomic mass is 32.2. The summed E-state index contributed by atoms with van der Waals surface area (Å²) < 4.78 is 0. The Morgan fingerprint density at radius 2 is 2.17 bits per heavy atom. The van der Waals surface area contributed by atoms with Gasteiger partial charge in [-0.15, -0.1) is 0 Å². The fourth-order valence-electron chi connectivity index (χ4n) is 1.73. The number of hydrogen-bond acceptors (Lipinski definition) is 2. The van der Waals surface area contributed by atoms with Crippen LogP contribution >= 0.6 is 24.0 Å². The molecule has 12 heavy (non-hydrogen) atoms. The van der Waals surface area contributed by atoms with E-state index < -0.39 is 0 Å². The van der Waals surface area contributed by atoms with Crippen LogP contribution in [0.2, 0.25) is 0 Å². The fourth-order valence-corrected chi connectivity index (χ4v) is 2.81. The van der Waals surface area contributed by atoms with Crippen molar-refractivity contribution in [1.29, 1.82) is 0 Å². The van der Waals surface area contributed by atoms with E-state index in [1.165, 1.54) is 25.7 Å². The maximum atomic E-state index is 5.45. The minimum atomic E-state index is 0.445. The molecule has 0 aromatic heterocycles. The van der Waals surface area contributed by atoms with E-state index in [1.54, 1.807) is 0 Å². The lowest BCUT2D eigenvalue weighted by Crippen LogP contribution is -2.45. The normalized spacial score (nSPS) is 29.8. The van der Waals surface area contributed by atoms with Crippen molar-refractivity contribution in [1.82, 2.24) is 5.32 Å². The third-order valence-corrected chi connectivity index (χ3v) is 3.62. The summed E-state index contributed by atoms with van der Waals surface area (Å²) in [6, 6.07) is 0.506. The zero-order valence-electron chi connectivity index (χ0n) is 7.38. The van der Waals surface area contributed by atoms with Gasteiger partial charge in [0.1, 0.15) is 0 Å². The summed E-state index contributed by atoms with van der Waals surface area (Å²) in [7, 11) is 0. The van der Waals surface area contributed by atoms with Crippen molar-refractivity contribution in [3.63, 3.8) is 0 Å². The molecule has 4 heteroatoms. The predicted molar refractivity (Wildman–Crippen MR) is 59.5 cm³/mol. The van der Waals surface area contributed by atoms with E-state index in [4.69, 9.17) is 18.0 Å². The molecule has 1 fully saturated rings. The lowest BCUT2D eigenvalue weighted by molar-refractivity contribution is 0.426. The first-order chi connectivity index (χ1) is 5.74. The van der Waals surface area contributed by atoms with Crippen LogP contribution in [0, 0.1) is 0 Å². The quantitative estimate of drug-likeness (QED) is 0.669. The molecule has 0 spiro atoms. The summed E-state index contributed by atoms with van der Waals surface area (Å²) in [6.07, 6.45) is 7.31. The summed E-state index contributed by atoms with van der Waals surface area (Å²) in [5, 5.41) is 4.31. The second-order valence-corrected chi connectivity index (χ2v) is 4.69. The lowest BCUT2D eigenvalue weighted by atomic mass is 9.95. The van der Waals surface area contributed by atoms with Crippen LogP contribution < -0.4 is 11.1 Å². The zero-order chi connectivity index (χ0) is 8.97. The Kier molecular flexibility index (Phi) is 4.15. The molecule has 70 valence electrons. The van der Waals surface area contributed by atoms with Crippen LogP contribution in [0.25, 0.3) is 0 Å². The highest BCUT2D eigenvalue weighted by molar-refractivity contribution is 7.99.